The van der Waals surface area contributed by atoms with E-state index in [1.807, 2.05) is 0 Å². The van der Waals surface area contributed by atoms with Crippen LogP contribution in [0.4, 0.5) is 16.2 Å². The molecule has 114 valence electrons. The van der Waals surface area contributed by atoms with Crippen molar-refractivity contribution in [3.05, 3.63) is 23.8 Å². The largest absolute Gasteiger partial charge is 0.419 e. The minimum Gasteiger partial charge on any atom is -0.419 e. The number of aryl methyl sites for hydroxylation is 1. The molecular formula is C14H18N2O5. The van der Waals surface area contributed by atoms with Crippen LogP contribution < -0.4 is 5.32 Å². The van der Waals surface area contributed by atoms with Crippen LogP contribution in [-0.4, -0.2) is 24.6 Å². The zero-order valence-electron chi connectivity index (χ0n) is 12.4. The maximum Gasteiger partial charge on any atom is 0.413 e. The lowest BCUT2D eigenvalue weighted by Crippen LogP contribution is -2.22. The van der Waals surface area contributed by atoms with Gasteiger partial charge >= 0.3 is 6.09 Å². The normalized spacial score (nSPS) is 10.7. The number of amides is 1. The van der Waals surface area contributed by atoms with Crippen molar-refractivity contribution in [1.29, 1.82) is 0 Å². The zero-order chi connectivity index (χ0) is 15.9. The Labute approximate surface area is 122 Å². The van der Waals surface area contributed by atoms with Crippen LogP contribution in [0.3, 0.4) is 0 Å². The van der Waals surface area contributed by atoms with Gasteiger partial charge in [-0.25, -0.2) is 14.5 Å². The Kier molecular flexibility index (Phi) is 6.05. The number of ether oxygens (including phenoxy) is 1. The van der Waals surface area contributed by atoms with E-state index < -0.39 is 11.7 Å². The van der Waals surface area contributed by atoms with Crippen LogP contribution in [0.2, 0.25) is 0 Å². The molecule has 0 atom stereocenters. The molecule has 0 aliphatic rings. The highest BCUT2D eigenvalue weighted by molar-refractivity contribution is 5.85. The van der Waals surface area contributed by atoms with Crippen LogP contribution in [0.15, 0.2) is 23.2 Å². The number of nitrogens with zero attached hydrogens (tertiary/aromatic N) is 1. The monoisotopic (exact) mass is 294 g/mol. The summed E-state index contributed by atoms with van der Waals surface area (Å²) in [6.45, 7) is 6.85. The molecule has 0 aliphatic carbocycles. The van der Waals surface area contributed by atoms with E-state index in [2.05, 4.69) is 10.3 Å². The first-order chi connectivity index (χ1) is 9.81. The van der Waals surface area contributed by atoms with Crippen LogP contribution >= 0.6 is 0 Å². The summed E-state index contributed by atoms with van der Waals surface area (Å²) in [5, 5.41) is 2.48. The van der Waals surface area contributed by atoms with E-state index in [0.717, 1.165) is 5.56 Å². The molecule has 21 heavy (non-hydrogen) atoms. The van der Waals surface area contributed by atoms with Gasteiger partial charge < -0.3 is 4.74 Å². The molecule has 0 radical (unpaired) electrons. The molecule has 1 aromatic rings. The molecule has 7 heteroatoms. The van der Waals surface area contributed by atoms with Crippen molar-refractivity contribution < 1.29 is 24.1 Å². The summed E-state index contributed by atoms with van der Waals surface area (Å²) in [5.41, 5.74) is 1.17. The van der Waals surface area contributed by atoms with Gasteiger partial charge in [0.2, 0.25) is 12.9 Å². The third kappa shape index (κ3) is 6.67. The Bertz CT molecular complexity index is 545. The van der Waals surface area contributed by atoms with E-state index in [4.69, 9.17) is 14.5 Å². The predicted molar refractivity (Wildman–Crippen MR) is 75.9 cm³/mol. The second-order valence-corrected chi connectivity index (χ2v) is 5.19. The summed E-state index contributed by atoms with van der Waals surface area (Å²) < 4.78 is 4.77. The highest BCUT2D eigenvalue weighted by Gasteiger charge is 2.12. The standard InChI is InChI=1S/C14H18N2O5/c1-10-5-6-11(7-12(10)15-8-17)16-13(18)19-9-20-21-14(2,3)4/h5-7H,9H2,1-4H3,(H,16,18). The molecule has 0 aliphatic heterocycles. The van der Waals surface area contributed by atoms with E-state index in [1.165, 1.54) is 12.1 Å². The number of aliphatic imine (C=N–C) groups is 1. The van der Waals surface area contributed by atoms with Gasteiger partial charge in [0.1, 0.15) is 0 Å². The number of hydrogen-bond donors (Lipinski definition) is 1. The van der Waals surface area contributed by atoms with Gasteiger partial charge in [0.25, 0.3) is 0 Å². The van der Waals surface area contributed by atoms with Crippen molar-refractivity contribution in [1.82, 2.24) is 0 Å². The molecule has 0 spiro atoms. The lowest BCUT2D eigenvalue weighted by molar-refractivity contribution is -0.373. The number of nitrogens with one attached hydrogen (secondary N) is 1. The van der Waals surface area contributed by atoms with Gasteiger partial charge in [0.15, 0.2) is 0 Å². The van der Waals surface area contributed by atoms with E-state index in [-0.39, 0.29) is 6.79 Å². The Balaban J connectivity index is 2.48. The van der Waals surface area contributed by atoms with Crippen molar-refractivity contribution >= 4 is 23.5 Å². The summed E-state index contributed by atoms with van der Waals surface area (Å²) in [6, 6.07) is 4.91. The van der Waals surface area contributed by atoms with Gasteiger partial charge in [-0.05, 0) is 45.4 Å². The lowest BCUT2D eigenvalue weighted by atomic mass is 10.2. The smallest absolute Gasteiger partial charge is 0.413 e. The molecule has 0 fully saturated rings. The van der Waals surface area contributed by atoms with Crippen molar-refractivity contribution in [3.8, 4) is 0 Å². The molecule has 0 bridgehead atoms. The molecule has 1 aromatic carbocycles. The maximum atomic E-state index is 11.5. The second-order valence-electron chi connectivity index (χ2n) is 5.19. The van der Waals surface area contributed by atoms with Gasteiger partial charge in [0.05, 0.1) is 11.3 Å². The van der Waals surface area contributed by atoms with Gasteiger partial charge in [-0.1, -0.05) is 6.07 Å². The molecule has 0 unspecified atom stereocenters. The topological polar surface area (TPSA) is 86.2 Å². The Morgan fingerprint density at radius 1 is 1.38 bits per heavy atom. The number of carbonyl (C=O) groups excluding carboxylic acids is 2. The Morgan fingerprint density at radius 2 is 2.10 bits per heavy atom. The molecule has 1 rings (SSSR count). The number of anilines is 1. The molecule has 0 aromatic heterocycles. The number of rotatable bonds is 5. The summed E-state index contributed by atoms with van der Waals surface area (Å²) in [5.74, 6) is 0. The number of hydrogen-bond acceptors (Lipinski definition) is 6. The van der Waals surface area contributed by atoms with E-state index >= 15 is 0 Å². The van der Waals surface area contributed by atoms with Crippen LogP contribution in [0.1, 0.15) is 26.3 Å². The van der Waals surface area contributed by atoms with E-state index in [9.17, 15) is 9.59 Å². The average molecular weight is 294 g/mol. The summed E-state index contributed by atoms with van der Waals surface area (Å²) in [6.07, 6.45) is 0.745. The number of carbonyl (C=O) groups is 1. The number of isocyanates is 1. The molecule has 0 heterocycles. The fraction of sp³-hybridized carbons (Fsp3) is 0.429. The predicted octanol–water partition coefficient (Wildman–Crippen LogP) is 3.22. The molecular weight excluding hydrogens is 276 g/mol. The van der Waals surface area contributed by atoms with Crippen LogP contribution in [0.25, 0.3) is 0 Å². The molecule has 0 saturated carbocycles. The van der Waals surface area contributed by atoms with Crippen molar-refractivity contribution in [2.75, 3.05) is 12.1 Å². The first-order valence-corrected chi connectivity index (χ1v) is 6.25. The first kappa shape index (κ1) is 16.8. The summed E-state index contributed by atoms with van der Waals surface area (Å²) in [7, 11) is 0. The average Bonchev–Trinajstić information content (AvgIpc) is 2.38. The van der Waals surface area contributed by atoms with Gasteiger partial charge in [-0.2, -0.15) is 9.88 Å². The van der Waals surface area contributed by atoms with Crippen LogP contribution in [-0.2, 0) is 19.3 Å². The molecule has 1 N–H and O–H groups in total. The number of benzene rings is 1. The molecule has 0 saturated heterocycles. The quantitative estimate of drug-likeness (QED) is 0.225. The molecule has 1 amide bonds. The Hall–Kier alpha value is -2.21. The minimum absolute atomic E-state index is 0.339. The first-order valence-electron chi connectivity index (χ1n) is 6.25. The van der Waals surface area contributed by atoms with Gasteiger partial charge in [-0.15, -0.1) is 0 Å². The fourth-order valence-electron chi connectivity index (χ4n) is 1.29. The minimum atomic E-state index is -0.711. The van der Waals surface area contributed by atoms with Gasteiger partial charge in [0, 0.05) is 5.69 Å². The van der Waals surface area contributed by atoms with Crippen molar-refractivity contribution in [2.24, 2.45) is 4.99 Å². The summed E-state index contributed by atoms with van der Waals surface area (Å²) >= 11 is 0. The van der Waals surface area contributed by atoms with Crippen molar-refractivity contribution in [3.63, 3.8) is 0 Å². The third-order valence-electron chi connectivity index (χ3n) is 2.17. The molecule has 7 nitrogen and oxygen atoms in total. The maximum absolute atomic E-state index is 11.5. The SMILES string of the molecule is Cc1ccc(NC(=O)OCOOC(C)(C)C)cc1N=C=O. The van der Waals surface area contributed by atoms with Crippen LogP contribution in [0, 0.1) is 6.92 Å². The Morgan fingerprint density at radius 3 is 2.71 bits per heavy atom. The van der Waals surface area contributed by atoms with Crippen molar-refractivity contribution in [2.45, 2.75) is 33.3 Å². The zero-order valence-corrected chi connectivity index (χ0v) is 12.4. The fourth-order valence-corrected chi connectivity index (χ4v) is 1.29. The highest BCUT2D eigenvalue weighted by atomic mass is 17.2. The summed E-state index contributed by atoms with van der Waals surface area (Å²) in [4.78, 5) is 35.0. The third-order valence-corrected chi connectivity index (χ3v) is 2.17. The second kappa shape index (κ2) is 7.54. The lowest BCUT2D eigenvalue weighted by Gasteiger charge is -2.17. The van der Waals surface area contributed by atoms with E-state index in [1.54, 1.807) is 39.8 Å². The highest BCUT2D eigenvalue weighted by Crippen LogP contribution is 2.22. The van der Waals surface area contributed by atoms with E-state index in [0.29, 0.717) is 11.4 Å². The van der Waals surface area contributed by atoms with Crippen LogP contribution in [0.5, 0.6) is 0 Å². The van der Waals surface area contributed by atoms with Gasteiger partial charge in [-0.3, -0.25) is 5.32 Å².